The quantitative estimate of drug-likeness (QED) is 0.777. The molecule has 0 saturated carbocycles. The summed E-state index contributed by atoms with van der Waals surface area (Å²) in [7, 11) is 0. The third kappa shape index (κ3) is 2.14. The lowest BCUT2D eigenvalue weighted by molar-refractivity contribution is -0.123. The van der Waals surface area contributed by atoms with E-state index in [1.807, 2.05) is 6.07 Å². The number of rotatable bonds is 2. The van der Waals surface area contributed by atoms with Crippen LogP contribution in [0.15, 0.2) is 30.3 Å². The maximum atomic E-state index is 12.0. The minimum atomic E-state index is 0.211. The molecule has 2 heteroatoms. The SMILES string of the molecule is O=C1CCC[C@H]2CC[C@H]1N2Cc1ccccc1. The van der Waals surface area contributed by atoms with E-state index < -0.39 is 0 Å². The minimum absolute atomic E-state index is 0.211. The van der Waals surface area contributed by atoms with Crippen LogP contribution in [0.1, 0.15) is 37.7 Å². The molecule has 1 aromatic rings. The molecular formula is C15H19NO. The van der Waals surface area contributed by atoms with Crippen LogP contribution in [0.2, 0.25) is 0 Å². The van der Waals surface area contributed by atoms with Gasteiger partial charge < -0.3 is 0 Å². The van der Waals surface area contributed by atoms with Crippen LogP contribution in [0.4, 0.5) is 0 Å². The van der Waals surface area contributed by atoms with Gasteiger partial charge in [0.1, 0.15) is 5.78 Å². The molecule has 2 heterocycles. The minimum Gasteiger partial charge on any atom is -0.298 e. The van der Waals surface area contributed by atoms with E-state index in [0.29, 0.717) is 11.8 Å². The molecule has 2 aliphatic rings. The molecule has 0 aromatic heterocycles. The number of benzene rings is 1. The van der Waals surface area contributed by atoms with Gasteiger partial charge in [-0.2, -0.15) is 0 Å². The zero-order valence-corrected chi connectivity index (χ0v) is 10.1. The van der Waals surface area contributed by atoms with Crippen molar-refractivity contribution >= 4 is 5.78 Å². The maximum Gasteiger partial charge on any atom is 0.149 e. The first-order valence-corrected chi connectivity index (χ1v) is 6.67. The van der Waals surface area contributed by atoms with Crippen LogP contribution in [-0.4, -0.2) is 22.8 Å². The maximum absolute atomic E-state index is 12.0. The van der Waals surface area contributed by atoms with E-state index in [4.69, 9.17) is 0 Å². The summed E-state index contributed by atoms with van der Waals surface area (Å²) < 4.78 is 0. The second-order valence-electron chi connectivity index (χ2n) is 5.26. The molecule has 0 unspecified atom stereocenters. The largest absolute Gasteiger partial charge is 0.298 e. The molecule has 17 heavy (non-hydrogen) atoms. The number of hydrogen-bond donors (Lipinski definition) is 0. The lowest BCUT2D eigenvalue weighted by Crippen LogP contribution is -2.38. The molecule has 0 radical (unpaired) electrons. The monoisotopic (exact) mass is 229 g/mol. The van der Waals surface area contributed by atoms with Crippen molar-refractivity contribution in [2.45, 2.75) is 50.7 Å². The Morgan fingerprint density at radius 3 is 2.76 bits per heavy atom. The second-order valence-corrected chi connectivity index (χ2v) is 5.26. The van der Waals surface area contributed by atoms with Crippen molar-refractivity contribution in [1.29, 1.82) is 0 Å². The zero-order valence-electron chi connectivity index (χ0n) is 10.1. The van der Waals surface area contributed by atoms with E-state index in [-0.39, 0.29) is 6.04 Å². The molecule has 0 N–H and O–H groups in total. The molecule has 0 aliphatic carbocycles. The highest BCUT2D eigenvalue weighted by atomic mass is 16.1. The van der Waals surface area contributed by atoms with Gasteiger partial charge in [0.15, 0.2) is 0 Å². The third-order valence-electron chi connectivity index (χ3n) is 4.18. The van der Waals surface area contributed by atoms with E-state index in [9.17, 15) is 4.79 Å². The van der Waals surface area contributed by atoms with Gasteiger partial charge in [-0.3, -0.25) is 9.69 Å². The third-order valence-corrected chi connectivity index (χ3v) is 4.18. The van der Waals surface area contributed by atoms with Crippen LogP contribution >= 0.6 is 0 Å². The Balaban J connectivity index is 1.80. The summed E-state index contributed by atoms with van der Waals surface area (Å²) in [5.74, 6) is 0.473. The average molecular weight is 229 g/mol. The van der Waals surface area contributed by atoms with E-state index in [2.05, 4.69) is 29.2 Å². The molecule has 2 bridgehead atoms. The Morgan fingerprint density at radius 2 is 1.94 bits per heavy atom. The molecule has 1 aromatic carbocycles. The van der Waals surface area contributed by atoms with Gasteiger partial charge in [0.25, 0.3) is 0 Å². The summed E-state index contributed by atoms with van der Waals surface area (Å²) in [6.07, 6.45) is 5.38. The molecule has 0 spiro atoms. The summed E-state index contributed by atoms with van der Waals surface area (Å²) in [4.78, 5) is 14.5. The normalized spacial score (nSPS) is 29.3. The lowest BCUT2D eigenvalue weighted by atomic mass is 10.0. The highest BCUT2D eigenvalue weighted by Gasteiger charge is 2.38. The van der Waals surface area contributed by atoms with Crippen molar-refractivity contribution in [3.63, 3.8) is 0 Å². The van der Waals surface area contributed by atoms with Gasteiger partial charge in [0.2, 0.25) is 0 Å². The number of nitrogens with zero attached hydrogens (tertiary/aromatic N) is 1. The van der Waals surface area contributed by atoms with Gasteiger partial charge in [-0.25, -0.2) is 0 Å². The second kappa shape index (κ2) is 4.61. The van der Waals surface area contributed by atoms with Crippen LogP contribution in [0.3, 0.4) is 0 Å². The fourth-order valence-corrected chi connectivity index (χ4v) is 3.30. The molecule has 2 nitrogen and oxygen atoms in total. The van der Waals surface area contributed by atoms with Crippen molar-refractivity contribution in [2.24, 2.45) is 0 Å². The highest BCUT2D eigenvalue weighted by Crippen LogP contribution is 2.33. The number of fused-ring (bicyclic) bond motifs is 2. The van der Waals surface area contributed by atoms with Crippen molar-refractivity contribution in [1.82, 2.24) is 4.90 Å². The van der Waals surface area contributed by atoms with E-state index >= 15 is 0 Å². The Kier molecular flexibility index (Phi) is 2.98. The summed E-state index contributed by atoms with van der Waals surface area (Å²) in [5, 5.41) is 0. The fraction of sp³-hybridized carbons (Fsp3) is 0.533. The Labute approximate surface area is 103 Å². The summed E-state index contributed by atoms with van der Waals surface area (Å²) in [5.41, 5.74) is 1.33. The summed E-state index contributed by atoms with van der Waals surface area (Å²) in [6, 6.07) is 11.4. The topological polar surface area (TPSA) is 20.3 Å². The Bertz CT molecular complexity index is 401. The first-order chi connectivity index (χ1) is 8.34. The zero-order chi connectivity index (χ0) is 11.7. The molecule has 2 fully saturated rings. The summed E-state index contributed by atoms with van der Waals surface area (Å²) in [6.45, 7) is 0.946. The van der Waals surface area contributed by atoms with Gasteiger partial charge in [0.05, 0.1) is 6.04 Å². The van der Waals surface area contributed by atoms with E-state index in [0.717, 1.165) is 25.8 Å². The first-order valence-electron chi connectivity index (χ1n) is 6.67. The predicted octanol–water partition coefficient (Wildman–Crippen LogP) is 2.77. The van der Waals surface area contributed by atoms with Crippen molar-refractivity contribution in [3.8, 4) is 0 Å². The van der Waals surface area contributed by atoms with Crippen LogP contribution in [0, 0.1) is 0 Å². The van der Waals surface area contributed by atoms with Gasteiger partial charge in [0, 0.05) is 19.0 Å². The van der Waals surface area contributed by atoms with Gasteiger partial charge in [-0.05, 0) is 31.2 Å². The smallest absolute Gasteiger partial charge is 0.149 e. The predicted molar refractivity (Wildman–Crippen MR) is 67.7 cm³/mol. The number of Topliss-reactive ketones (excluding diaryl/α,β-unsaturated/α-hetero) is 1. The average Bonchev–Trinajstić information content (AvgIpc) is 2.66. The molecule has 3 rings (SSSR count). The standard InChI is InChI=1S/C15H19NO/c17-15-8-4-7-13-9-10-14(15)16(13)11-12-5-2-1-3-6-12/h1-3,5-6,13-14H,4,7-11H2/t13-,14+/m0/s1. The van der Waals surface area contributed by atoms with Crippen LogP contribution < -0.4 is 0 Å². The van der Waals surface area contributed by atoms with Gasteiger partial charge >= 0.3 is 0 Å². The highest BCUT2D eigenvalue weighted by molar-refractivity contribution is 5.84. The fourth-order valence-electron chi connectivity index (χ4n) is 3.30. The number of carbonyl (C=O) groups excluding carboxylic acids is 1. The molecule has 2 aliphatic heterocycles. The van der Waals surface area contributed by atoms with Crippen LogP contribution in [0.25, 0.3) is 0 Å². The van der Waals surface area contributed by atoms with Gasteiger partial charge in [-0.1, -0.05) is 30.3 Å². The van der Waals surface area contributed by atoms with E-state index in [1.54, 1.807) is 0 Å². The number of hydrogen-bond acceptors (Lipinski definition) is 2. The molecule has 2 atom stereocenters. The summed E-state index contributed by atoms with van der Waals surface area (Å²) >= 11 is 0. The van der Waals surface area contributed by atoms with Crippen molar-refractivity contribution in [2.75, 3.05) is 0 Å². The van der Waals surface area contributed by atoms with Crippen molar-refractivity contribution in [3.05, 3.63) is 35.9 Å². The lowest BCUT2D eigenvalue weighted by Gasteiger charge is -2.27. The van der Waals surface area contributed by atoms with Crippen LogP contribution in [-0.2, 0) is 11.3 Å². The number of carbonyl (C=O) groups is 1. The molecule has 90 valence electrons. The van der Waals surface area contributed by atoms with Crippen LogP contribution in [0.5, 0.6) is 0 Å². The van der Waals surface area contributed by atoms with E-state index in [1.165, 1.54) is 18.4 Å². The van der Waals surface area contributed by atoms with Crippen molar-refractivity contribution < 1.29 is 4.79 Å². The first kappa shape index (κ1) is 11.0. The molecule has 2 saturated heterocycles. The molecule has 0 amide bonds. The van der Waals surface area contributed by atoms with Gasteiger partial charge in [-0.15, -0.1) is 0 Å². The number of ketones is 1. The molecular weight excluding hydrogens is 210 g/mol. The Hall–Kier alpha value is -1.15. The Morgan fingerprint density at radius 1 is 1.12 bits per heavy atom.